The van der Waals surface area contributed by atoms with Crippen molar-refractivity contribution in [1.82, 2.24) is 30.0 Å². The van der Waals surface area contributed by atoms with Crippen molar-refractivity contribution >= 4 is 22.5 Å². The number of anilines is 1. The molecule has 0 spiro atoms. The average molecular weight is 425 g/mol. The van der Waals surface area contributed by atoms with Crippen molar-refractivity contribution in [3.05, 3.63) is 72.4 Å². The van der Waals surface area contributed by atoms with Crippen LogP contribution in [0.1, 0.15) is 16.1 Å². The van der Waals surface area contributed by atoms with Gasteiger partial charge in [-0.1, -0.05) is 6.07 Å². The Balaban J connectivity index is 1.36. The lowest BCUT2D eigenvalue weighted by Crippen LogP contribution is -2.44. The molecular formula is C24H23N7O. The summed E-state index contributed by atoms with van der Waals surface area (Å²) in [5, 5.41) is 9.48. The fourth-order valence-electron chi connectivity index (χ4n) is 3.85. The molecule has 0 bridgehead atoms. The molecule has 0 amide bonds. The molecule has 0 N–H and O–H groups in total. The lowest BCUT2D eigenvalue weighted by Gasteiger charge is -2.33. The van der Waals surface area contributed by atoms with Gasteiger partial charge in [-0.3, -0.25) is 14.8 Å². The predicted octanol–water partition coefficient (Wildman–Crippen LogP) is 2.66. The number of nitrogens with zero attached hydrogens (tertiary/aromatic N) is 7. The molecule has 32 heavy (non-hydrogen) atoms. The zero-order valence-electron chi connectivity index (χ0n) is 17.8. The average Bonchev–Trinajstić information content (AvgIpc) is 2.84. The number of aromatic nitrogens is 5. The summed E-state index contributed by atoms with van der Waals surface area (Å²) in [6.45, 7) is 3.79. The van der Waals surface area contributed by atoms with Crippen molar-refractivity contribution in [1.29, 1.82) is 0 Å². The van der Waals surface area contributed by atoms with E-state index in [1.165, 1.54) is 0 Å². The first kappa shape index (κ1) is 20.1. The number of rotatable bonds is 5. The van der Waals surface area contributed by atoms with E-state index < -0.39 is 0 Å². The number of pyridine rings is 1. The van der Waals surface area contributed by atoms with Crippen LogP contribution >= 0.6 is 0 Å². The number of hydrogen-bond donors (Lipinski definition) is 0. The van der Waals surface area contributed by atoms with Crippen molar-refractivity contribution < 1.29 is 4.79 Å². The minimum absolute atomic E-state index is 0.00140. The number of benzene rings is 1. The first-order valence-corrected chi connectivity index (χ1v) is 10.6. The van der Waals surface area contributed by atoms with Crippen LogP contribution in [0.3, 0.4) is 0 Å². The highest BCUT2D eigenvalue weighted by Gasteiger charge is 2.17. The van der Waals surface area contributed by atoms with E-state index in [1.807, 2.05) is 30.3 Å². The Bertz CT molecular complexity index is 1250. The van der Waals surface area contributed by atoms with Crippen molar-refractivity contribution in [3.8, 4) is 11.3 Å². The number of hydrogen-bond acceptors (Lipinski definition) is 8. The van der Waals surface area contributed by atoms with E-state index in [9.17, 15) is 4.79 Å². The fraction of sp³-hybridized carbons (Fsp3) is 0.250. The fourth-order valence-corrected chi connectivity index (χ4v) is 3.85. The number of ketones is 1. The Labute approximate surface area is 186 Å². The monoisotopic (exact) mass is 425 g/mol. The van der Waals surface area contributed by atoms with Crippen LogP contribution in [-0.4, -0.2) is 69.1 Å². The van der Waals surface area contributed by atoms with Crippen LogP contribution in [0.15, 0.2) is 61.2 Å². The van der Waals surface area contributed by atoms with Crippen molar-refractivity contribution in [2.45, 2.75) is 6.42 Å². The van der Waals surface area contributed by atoms with Gasteiger partial charge >= 0.3 is 0 Å². The standard InChI is InChI=1S/C24H23N7O/c1-30-8-10-31(11-9-30)24-14-18(4-5-27-24)23(32)15-20-13-19-12-17(2-3-21(19)29-28-20)22-16-25-6-7-26-22/h2-7,12-14,16H,8-11,15H2,1H3. The zero-order valence-corrected chi connectivity index (χ0v) is 17.8. The topological polar surface area (TPSA) is 88.0 Å². The summed E-state index contributed by atoms with van der Waals surface area (Å²) in [7, 11) is 2.12. The second kappa shape index (κ2) is 8.76. The maximum atomic E-state index is 13.0. The summed E-state index contributed by atoms with van der Waals surface area (Å²) in [5.41, 5.74) is 3.79. The van der Waals surface area contributed by atoms with Crippen LogP contribution in [0.25, 0.3) is 22.2 Å². The van der Waals surface area contributed by atoms with Gasteiger partial charge in [0.2, 0.25) is 0 Å². The van der Waals surface area contributed by atoms with E-state index in [4.69, 9.17) is 0 Å². The van der Waals surface area contributed by atoms with E-state index in [-0.39, 0.29) is 12.2 Å². The number of fused-ring (bicyclic) bond motifs is 1. The zero-order chi connectivity index (χ0) is 21.9. The second-order valence-corrected chi connectivity index (χ2v) is 7.99. The number of carbonyl (C=O) groups excluding carboxylic acids is 1. The highest BCUT2D eigenvalue weighted by Crippen LogP contribution is 2.22. The second-order valence-electron chi connectivity index (χ2n) is 7.99. The van der Waals surface area contributed by atoms with Gasteiger partial charge in [0.1, 0.15) is 5.82 Å². The highest BCUT2D eigenvalue weighted by molar-refractivity contribution is 5.98. The third kappa shape index (κ3) is 4.31. The molecule has 0 radical (unpaired) electrons. The first-order valence-electron chi connectivity index (χ1n) is 10.6. The van der Waals surface area contributed by atoms with Crippen molar-refractivity contribution in [2.24, 2.45) is 0 Å². The molecule has 160 valence electrons. The maximum Gasteiger partial charge on any atom is 0.169 e. The molecule has 0 atom stereocenters. The molecule has 1 aliphatic heterocycles. The molecule has 0 saturated carbocycles. The molecule has 0 unspecified atom stereocenters. The Morgan fingerprint density at radius 2 is 1.81 bits per heavy atom. The van der Waals surface area contributed by atoms with Gasteiger partial charge in [-0.05, 0) is 37.4 Å². The minimum atomic E-state index is 0.00140. The molecule has 4 heterocycles. The van der Waals surface area contributed by atoms with Crippen LogP contribution in [0.4, 0.5) is 5.82 Å². The van der Waals surface area contributed by atoms with E-state index in [0.29, 0.717) is 11.3 Å². The molecule has 3 aromatic heterocycles. The number of likely N-dealkylation sites (N-methyl/N-ethyl adjacent to an activating group) is 1. The van der Waals surface area contributed by atoms with Crippen molar-refractivity contribution in [3.63, 3.8) is 0 Å². The lowest BCUT2D eigenvalue weighted by atomic mass is 10.0. The summed E-state index contributed by atoms with van der Waals surface area (Å²) < 4.78 is 0. The summed E-state index contributed by atoms with van der Waals surface area (Å²) in [6.07, 6.45) is 6.93. The SMILES string of the molecule is CN1CCN(c2cc(C(=O)Cc3cc4cc(-c5cnccn5)ccc4nn3)ccn2)CC1. The third-order valence-electron chi connectivity index (χ3n) is 5.73. The van der Waals surface area contributed by atoms with E-state index in [1.54, 1.807) is 30.9 Å². The lowest BCUT2D eigenvalue weighted by molar-refractivity contribution is 0.0991. The van der Waals surface area contributed by atoms with E-state index in [0.717, 1.165) is 54.2 Å². The Kier molecular flexibility index (Phi) is 5.51. The smallest absolute Gasteiger partial charge is 0.169 e. The van der Waals surface area contributed by atoms with Crippen LogP contribution < -0.4 is 4.90 Å². The molecule has 4 aromatic rings. The molecule has 1 saturated heterocycles. The van der Waals surface area contributed by atoms with Gasteiger partial charge in [-0.2, -0.15) is 10.2 Å². The quantitative estimate of drug-likeness (QED) is 0.451. The highest BCUT2D eigenvalue weighted by atomic mass is 16.1. The van der Waals surface area contributed by atoms with Gasteiger partial charge in [0, 0.05) is 61.3 Å². The van der Waals surface area contributed by atoms with Gasteiger partial charge in [-0.25, -0.2) is 4.98 Å². The van der Waals surface area contributed by atoms with Gasteiger partial charge in [-0.15, -0.1) is 0 Å². The largest absolute Gasteiger partial charge is 0.354 e. The van der Waals surface area contributed by atoms with Crippen LogP contribution in [-0.2, 0) is 6.42 Å². The van der Waals surface area contributed by atoms with Crippen molar-refractivity contribution in [2.75, 3.05) is 38.1 Å². The molecule has 0 aliphatic carbocycles. The molecule has 8 nitrogen and oxygen atoms in total. The summed E-state index contributed by atoms with van der Waals surface area (Å²) in [4.78, 5) is 30.5. The van der Waals surface area contributed by atoms with Gasteiger partial charge in [0.05, 0.1) is 29.5 Å². The van der Waals surface area contributed by atoms with E-state index >= 15 is 0 Å². The summed E-state index contributed by atoms with van der Waals surface area (Å²) >= 11 is 0. The molecular weight excluding hydrogens is 402 g/mol. The number of piperazine rings is 1. The van der Waals surface area contributed by atoms with E-state index in [2.05, 4.69) is 42.0 Å². The van der Waals surface area contributed by atoms with Gasteiger partial charge in [0.15, 0.2) is 5.78 Å². The van der Waals surface area contributed by atoms with Gasteiger partial charge < -0.3 is 9.80 Å². The molecule has 1 aromatic carbocycles. The molecule has 1 fully saturated rings. The summed E-state index contributed by atoms with van der Waals surface area (Å²) in [6, 6.07) is 11.4. The molecule has 8 heteroatoms. The predicted molar refractivity (Wildman–Crippen MR) is 123 cm³/mol. The Morgan fingerprint density at radius 1 is 0.938 bits per heavy atom. The Hall–Kier alpha value is -3.78. The minimum Gasteiger partial charge on any atom is -0.354 e. The Morgan fingerprint density at radius 3 is 2.62 bits per heavy atom. The molecule has 1 aliphatic rings. The van der Waals surface area contributed by atoms with Gasteiger partial charge in [0.25, 0.3) is 0 Å². The van der Waals surface area contributed by atoms with Crippen LogP contribution in [0.5, 0.6) is 0 Å². The first-order chi connectivity index (χ1) is 15.7. The normalized spacial score (nSPS) is 14.6. The number of Topliss-reactive ketones (excluding diaryl/α,β-unsaturated/α-hetero) is 1. The van der Waals surface area contributed by atoms with Crippen LogP contribution in [0.2, 0.25) is 0 Å². The number of carbonyl (C=O) groups is 1. The third-order valence-corrected chi connectivity index (χ3v) is 5.73. The van der Waals surface area contributed by atoms with Crippen LogP contribution in [0, 0.1) is 0 Å². The summed E-state index contributed by atoms with van der Waals surface area (Å²) in [5.74, 6) is 0.851. The maximum absolute atomic E-state index is 13.0. The molecule has 5 rings (SSSR count).